The van der Waals surface area contributed by atoms with Gasteiger partial charge in [0.15, 0.2) is 0 Å². The molecular weight excluding hydrogens is 246 g/mol. The van der Waals surface area contributed by atoms with E-state index >= 15 is 0 Å². The topological polar surface area (TPSA) is 97.5 Å². The van der Waals surface area contributed by atoms with Gasteiger partial charge < -0.3 is 20.9 Å². The molecule has 6 heteroatoms. The van der Waals surface area contributed by atoms with E-state index in [2.05, 4.69) is 10.3 Å². The van der Waals surface area contributed by atoms with Crippen LogP contribution in [-0.2, 0) is 0 Å². The molecule has 1 amide bonds. The predicted octanol–water partition coefficient (Wildman–Crippen LogP) is 1.63. The highest BCUT2D eigenvalue weighted by molar-refractivity contribution is 6.06. The van der Waals surface area contributed by atoms with Crippen molar-refractivity contribution in [3.8, 4) is 11.5 Å². The number of anilines is 2. The summed E-state index contributed by atoms with van der Waals surface area (Å²) in [4.78, 5) is 15.7. The van der Waals surface area contributed by atoms with Crippen LogP contribution in [0, 0.1) is 0 Å². The summed E-state index contributed by atoms with van der Waals surface area (Å²) >= 11 is 0. The predicted molar refractivity (Wildman–Crippen MR) is 71.3 cm³/mol. The van der Waals surface area contributed by atoms with E-state index < -0.39 is 5.91 Å². The Morgan fingerprint density at radius 3 is 2.89 bits per heavy atom. The highest BCUT2D eigenvalue weighted by atomic mass is 16.5. The Balaban J connectivity index is 2.27. The molecule has 6 nitrogen and oxygen atoms in total. The first-order valence-electron chi connectivity index (χ1n) is 5.49. The average molecular weight is 259 g/mol. The number of hydrogen-bond donors (Lipinski definition) is 3. The van der Waals surface area contributed by atoms with E-state index in [0.29, 0.717) is 17.1 Å². The van der Waals surface area contributed by atoms with Gasteiger partial charge in [0.05, 0.1) is 24.6 Å². The van der Waals surface area contributed by atoms with Crippen LogP contribution in [0.5, 0.6) is 11.5 Å². The quantitative estimate of drug-likeness (QED) is 0.728. The van der Waals surface area contributed by atoms with E-state index in [4.69, 9.17) is 10.5 Å². The van der Waals surface area contributed by atoms with E-state index in [1.165, 1.54) is 25.6 Å². The van der Waals surface area contributed by atoms with Crippen LogP contribution in [0.25, 0.3) is 0 Å². The van der Waals surface area contributed by atoms with Crippen LogP contribution < -0.4 is 15.8 Å². The van der Waals surface area contributed by atoms with Gasteiger partial charge in [-0.15, -0.1) is 0 Å². The normalized spacial score (nSPS) is 9.95. The number of ether oxygens (including phenoxy) is 1. The van der Waals surface area contributed by atoms with E-state index in [1.807, 2.05) is 0 Å². The number of aromatic hydroxyl groups is 1. The Kier molecular flexibility index (Phi) is 3.51. The summed E-state index contributed by atoms with van der Waals surface area (Å²) in [6.07, 6.45) is 2.63. The molecule has 0 fully saturated rings. The third kappa shape index (κ3) is 2.74. The molecule has 0 bridgehead atoms. The van der Waals surface area contributed by atoms with Crippen LogP contribution in [0.15, 0.2) is 36.7 Å². The molecule has 4 N–H and O–H groups in total. The number of hydrogen-bond acceptors (Lipinski definition) is 5. The second-order valence-electron chi connectivity index (χ2n) is 3.81. The smallest absolute Gasteiger partial charge is 0.259 e. The fraction of sp³-hybridized carbons (Fsp3) is 0.0769. The maximum Gasteiger partial charge on any atom is 0.259 e. The minimum absolute atomic E-state index is 0.133. The van der Waals surface area contributed by atoms with E-state index in [9.17, 15) is 9.90 Å². The highest BCUT2D eigenvalue weighted by Gasteiger charge is 2.13. The van der Waals surface area contributed by atoms with Gasteiger partial charge in [0, 0.05) is 18.0 Å². The van der Waals surface area contributed by atoms with Crippen molar-refractivity contribution in [1.82, 2.24) is 4.98 Å². The van der Waals surface area contributed by atoms with Crippen LogP contribution in [0.4, 0.5) is 11.4 Å². The number of nitrogens with one attached hydrogen (secondary N) is 1. The second-order valence-corrected chi connectivity index (χ2v) is 3.81. The summed E-state index contributed by atoms with van der Waals surface area (Å²) in [6, 6.07) is 6.30. The number of methoxy groups -OCH3 is 1. The van der Waals surface area contributed by atoms with Crippen molar-refractivity contribution in [2.75, 3.05) is 18.2 Å². The molecule has 0 unspecified atom stereocenters. The van der Waals surface area contributed by atoms with E-state index in [1.54, 1.807) is 18.2 Å². The van der Waals surface area contributed by atoms with E-state index in [0.717, 1.165) is 0 Å². The lowest BCUT2D eigenvalue weighted by molar-refractivity contribution is 0.102. The molecule has 1 aromatic carbocycles. The van der Waals surface area contributed by atoms with Crippen molar-refractivity contribution in [2.24, 2.45) is 0 Å². The maximum absolute atomic E-state index is 12.0. The Morgan fingerprint density at radius 1 is 1.42 bits per heavy atom. The molecule has 0 aliphatic heterocycles. The van der Waals surface area contributed by atoms with Gasteiger partial charge in [-0.1, -0.05) is 0 Å². The van der Waals surface area contributed by atoms with Crippen LogP contribution in [0.3, 0.4) is 0 Å². The first-order chi connectivity index (χ1) is 9.11. The van der Waals surface area contributed by atoms with E-state index in [-0.39, 0.29) is 11.3 Å². The molecule has 0 spiro atoms. The standard InChI is InChI=1S/C13H13N3O3/c1-19-12-6-8(14)2-3-10(12)16-13(18)9-4-5-15-7-11(9)17/h2-7,17H,14H2,1H3,(H,16,18). The van der Waals surface area contributed by atoms with Gasteiger partial charge >= 0.3 is 0 Å². The maximum atomic E-state index is 12.0. The molecule has 98 valence electrons. The third-order valence-electron chi connectivity index (χ3n) is 2.52. The molecule has 1 aromatic heterocycles. The van der Waals surface area contributed by atoms with Gasteiger partial charge in [-0.3, -0.25) is 9.78 Å². The van der Waals surface area contributed by atoms with Crippen molar-refractivity contribution >= 4 is 17.3 Å². The largest absolute Gasteiger partial charge is 0.505 e. The number of amides is 1. The lowest BCUT2D eigenvalue weighted by Gasteiger charge is -2.11. The number of nitrogen functional groups attached to an aromatic ring is 1. The Labute approximate surface area is 109 Å². The van der Waals surface area contributed by atoms with Crippen molar-refractivity contribution in [2.45, 2.75) is 0 Å². The van der Waals surface area contributed by atoms with Crippen LogP contribution in [0.2, 0.25) is 0 Å². The number of pyridine rings is 1. The molecule has 0 aliphatic rings. The molecular formula is C13H13N3O3. The fourth-order valence-corrected chi connectivity index (χ4v) is 1.58. The summed E-state index contributed by atoms with van der Waals surface area (Å²) < 4.78 is 5.12. The minimum Gasteiger partial charge on any atom is -0.505 e. The molecule has 2 rings (SSSR count). The summed E-state index contributed by atoms with van der Waals surface area (Å²) in [6.45, 7) is 0. The van der Waals surface area contributed by atoms with Gasteiger partial charge in [0.25, 0.3) is 5.91 Å². The third-order valence-corrected chi connectivity index (χ3v) is 2.52. The SMILES string of the molecule is COc1cc(N)ccc1NC(=O)c1ccncc1O. The number of carbonyl (C=O) groups excluding carboxylic acids is 1. The zero-order chi connectivity index (χ0) is 13.8. The number of rotatable bonds is 3. The number of nitrogens with two attached hydrogens (primary N) is 1. The van der Waals surface area contributed by atoms with Crippen LogP contribution in [-0.4, -0.2) is 23.1 Å². The monoisotopic (exact) mass is 259 g/mol. The van der Waals surface area contributed by atoms with Gasteiger partial charge in [-0.25, -0.2) is 0 Å². The Morgan fingerprint density at radius 2 is 2.21 bits per heavy atom. The lowest BCUT2D eigenvalue weighted by atomic mass is 10.2. The molecule has 1 heterocycles. The summed E-state index contributed by atoms with van der Waals surface area (Å²) in [5.41, 5.74) is 6.76. The summed E-state index contributed by atoms with van der Waals surface area (Å²) in [7, 11) is 1.48. The zero-order valence-electron chi connectivity index (χ0n) is 10.3. The lowest BCUT2D eigenvalue weighted by Crippen LogP contribution is -2.13. The number of carbonyl (C=O) groups is 1. The first kappa shape index (κ1) is 12.7. The molecule has 19 heavy (non-hydrogen) atoms. The number of nitrogens with zero attached hydrogens (tertiary/aromatic N) is 1. The summed E-state index contributed by atoms with van der Waals surface area (Å²) in [5, 5.41) is 12.2. The fourth-order valence-electron chi connectivity index (χ4n) is 1.58. The van der Waals surface area contributed by atoms with Crippen molar-refractivity contribution in [1.29, 1.82) is 0 Å². The van der Waals surface area contributed by atoms with Gasteiger partial charge in [-0.05, 0) is 18.2 Å². The number of aromatic nitrogens is 1. The zero-order valence-corrected chi connectivity index (χ0v) is 10.3. The molecule has 0 radical (unpaired) electrons. The Hall–Kier alpha value is -2.76. The molecule has 0 aliphatic carbocycles. The van der Waals surface area contributed by atoms with Crippen molar-refractivity contribution in [3.63, 3.8) is 0 Å². The minimum atomic E-state index is -0.456. The van der Waals surface area contributed by atoms with Crippen molar-refractivity contribution in [3.05, 3.63) is 42.2 Å². The number of benzene rings is 1. The highest BCUT2D eigenvalue weighted by Crippen LogP contribution is 2.27. The summed E-state index contributed by atoms with van der Waals surface area (Å²) in [5.74, 6) is -0.195. The van der Waals surface area contributed by atoms with Gasteiger partial charge in [-0.2, -0.15) is 0 Å². The van der Waals surface area contributed by atoms with Gasteiger partial charge in [0.2, 0.25) is 0 Å². The van der Waals surface area contributed by atoms with Gasteiger partial charge in [0.1, 0.15) is 11.5 Å². The molecule has 2 aromatic rings. The van der Waals surface area contributed by atoms with Crippen LogP contribution >= 0.6 is 0 Å². The molecule has 0 saturated heterocycles. The first-order valence-corrected chi connectivity index (χ1v) is 5.49. The molecule has 0 saturated carbocycles. The van der Waals surface area contributed by atoms with Crippen molar-refractivity contribution < 1.29 is 14.6 Å². The second kappa shape index (κ2) is 5.26. The van der Waals surface area contributed by atoms with Crippen LogP contribution in [0.1, 0.15) is 10.4 Å². The molecule has 0 atom stereocenters. The average Bonchev–Trinajstić information content (AvgIpc) is 2.41. The Bertz CT molecular complexity index is 614.